The van der Waals surface area contributed by atoms with Crippen molar-refractivity contribution in [3.63, 3.8) is 0 Å². The minimum Gasteiger partial charge on any atom is -0.478 e. The number of amides is 1. The fourth-order valence-electron chi connectivity index (χ4n) is 1.90. The molecule has 1 saturated carbocycles. The second-order valence-electron chi connectivity index (χ2n) is 4.44. The summed E-state index contributed by atoms with van der Waals surface area (Å²) in [5.74, 6) is -0.505. The molecule has 2 N–H and O–H groups in total. The predicted octanol–water partition coefficient (Wildman–Crippen LogP) is 2.51. The first-order chi connectivity index (χ1) is 8.15. The van der Waals surface area contributed by atoms with Gasteiger partial charge in [0, 0.05) is 12.1 Å². The fourth-order valence-corrected chi connectivity index (χ4v) is 1.90. The molecule has 0 spiro atoms. The van der Waals surface area contributed by atoms with E-state index in [1.165, 1.54) is 18.6 Å². The lowest BCUT2D eigenvalue weighted by atomic mass is 9.83. The van der Waals surface area contributed by atoms with E-state index in [9.17, 15) is 9.59 Å². The minimum absolute atomic E-state index is 0.0303. The van der Waals surface area contributed by atoms with Crippen LogP contribution in [0.5, 0.6) is 0 Å². The summed E-state index contributed by atoms with van der Waals surface area (Å²) < 4.78 is 0. The highest BCUT2D eigenvalue weighted by Crippen LogP contribution is 2.29. The normalized spacial score (nSPS) is 15.1. The maximum Gasteiger partial charge on any atom is 0.335 e. The first kappa shape index (κ1) is 11.6. The highest BCUT2D eigenvalue weighted by molar-refractivity contribution is 5.93. The number of benzene rings is 1. The monoisotopic (exact) mass is 233 g/mol. The third-order valence-electron chi connectivity index (χ3n) is 3.09. The summed E-state index contributed by atoms with van der Waals surface area (Å²) in [5, 5.41) is 11.6. The van der Waals surface area contributed by atoms with E-state index in [-0.39, 0.29) is 11.5 Å². The summed E-state index contributed by atoms with van der Waals surface area (Å²) in [6, 6.07) is 6.30. The fraction of sp³-hybridized carbons (Fsp3) is 0.385. The summed E-state index contributed by atoms with van der Waals surface area (Å²) in [7, 11) is 0. The van der Waals surface area contributed by atoms with Crippen LogP contribution in [0, 0.1) is 5.92 Å². The van der Waals surface area contributed by atoms with Crippen LogP contribution in [-0.2, 0) is 4.79 Å². The molecule has 90 valence electrons. The molecule has 0 radical (unpaired) electrons. The van der Waals surface area contributed by atoms with Gasteiger partial charge in [-0.2, -0.15) is 0 Å². The molecular weight excluding hydrogens is 218 g/mol. The Balaban J connectivity index is 1.95. The summed E-state index contributed by atoms with van der Waals surface area (Å²) in [5.41, 5.74) is 0.737. The van der Waals surface area contributed by atoms with E-state index in [2.05, 4.69) is 5.32 Å². The van der Waals surface area contributed by atoms with E-state index in [0.717, 1.165) is 12.8 Å². The standard InChI is InChI=1S/C13H15NO3/c15-12(7-9-3-1-4-9)14-11-6-2-5-10(8-11)13(16)17/h2,5-6,8-9H,1,3-4,7H2,(H,14,15)(H,16,17). The Morgan fingerprint density at radius 3 is 2.71 bits per heavy atom. The molecule has 0 heterocycles. The van der Waals surface area contributed by atoms with E-state index in [4.69, 9.17) is 5.11 Å². The second-order valence-corrected chi connectivity index (χ2v) is 4.44. The molecule has 1 fully saturated rings. The number of rotatable bonds is 4. The molecule has 1 aromatic carbocycles. The van der Waals surface area contributed by atoms with Crippen molar-refractivity contribution in [3.05, 3.63) is 29.8 Å². The molecule has 0 bridgehead atoms. The van der Waals surface area contributed by atoms with E-state index in [1.807, 2.05) is 0 Å². The number of carbonyl (C=O) groups is 2. The Hall–Kier alpha value is -1.84. The van der Waals surface area contributed by atoms with Crippen molar-refractivity contribution in [1.82, 2.24) is 0 Å². The van der Waals surface area contributed by atoms with Crippen LogP contribution in [0.2, 0.25) is 0 Å². The third kappa shape index (κ3) is 3.06. The lowest BCUT2D eigenvalue weighted by Crippen LogP contribution is -2.20. The van der Waals surface area contributed by atoms with Crippen LogP contribution in [0.15, 0.2) is 24.3 Å². The van der Waals surface area contributed by atoms with Crippen molar-refractivity contribution in [2.75, 3.05) is 5.32 Å². The van der Waals surface area contributed by atoms with Crippen LogP contribution >= 0.6 is 0 Å². The number of carboxylic acid groups (broad SMARTS) is 1. The van der Waals surface area contributed by atoms with Gasteiger partial charge in [-0.15, -0.1) is 0 Å². The van der Waals surface area contributed by atoms with Gasteiger partial charge in [0.15, 0.2) is 0 Å². The number of aromatic carboxylic acids is 1. The van der Waals surface area contributed by atoms with E-state index < -0.39 is 5.97 Å². The van der Waals surface area contributed by atoms with Gasteiger partial charge in [-0.25, -0.2) is 4.79 Å². The predicted molar refractivity (Wildman–Crippen MR) is 64.0 cm³/mol. The van der Waals surface area contributed by atoms with Crippen LogP contribution in [0.3, 0.4) is 0 Å². The SMILES string of the molecule is O=C(CC1CCC1)Nc1cccc(C(=O)O)c1. The zero-order valence-corrected chi connectivity index (χ0v) is 9.48. The molecule has 1 aromatic rings. The van der Waals surface area contributed by atoms with Gasteiger partial charge in [-0.3, -0.25) is 4.79 Å². The van der Waals surface area contributed by atoms with Crippen LogP contribution in [0.4, 0.5) is 5.69 Å². The van der Waals surface area contributed by atoms with Crippen molar-refractivity contribution in [3.8, 4) is 0 Å². The lowest BCUT2D eigenvalue weighted by Gasteiger charge is -2.24. The molecule has 0 unspecified atom stereocenters. The lowest BCUT2D eigenvalue weighted by molar-refractivity contribution is -0.117. The van der Waals surface area contributed by atoms with Gasteiger partial charge in [0.05, 0.1) is 5.56 Å². The number of carboxylic acids is 1. The number of anilines is 1. The number of hydrogen-bond acceptors (Lipinski definition) is 2. The summed E-state index contributed by atoms with van der Waals surface area (Å²) in [4.78, 5) is 22.4. The Labute approximate surface area is 99.6 Å². The smallest absolute Gasteiger partial charge is 0.335 e. The quantitative estimate of drug-likeness (QED) is 0.839. The first-order valence-corrected chi connectivity index (χ1v) is 5.78. The van der Waals surface area contributed by atoms with Crippen molar-refractivity contribution in [2.24, 2.45) is 5.92 Å². The number of nitrogens with one attached hydrogen (secondary N) is 1. The largest absolute Gasteiger partial charge is 0.478 e. The Morgan fingerprint density at radius 2 is 2.12 bits per heavy atom. The summed E-state index contributed by atoms with van der Waals surface area (Å²) in [6.07, 6.45) is 4.01. The highest BCUT2D eigenvalue weighted by Gasteiger charge is 2.20. The molecule has 0 atom stereocenters. The van der Waals surface area contributed by atoms with Crippen LogP contribution < -0.4 is 5.32 Å². The van der Waals surface area contributed by atoms with Crippen LogP contribution in [0.25, 0.3) is 0 Å². The zero-order valence-electron chi connectivity index (χ0n) is 9.48. The summed E-state index contributed by atoms with van der Waals surface area (Å²) in [6.45, 7) is 0. The van der Waals surface area contributed by atoms with E-state index in [1.54, 1.807) is 12.1 Å². The average Bonchev–Trinajstić information content (AvgIpc) is 2.24. The highest BCUT2D eigenvalue weighted by atomic mass is 16.4. The topological polar surface area (TPSA) is 66.4 Å². The molecule has 0 aliphatic heterocycles. The number of hydrogen-bond donors (Lipinski definition) is 2. The molecule has 4 heteroatoms. The Morgan fingerprint density at radius 1 is 1.35 bits per heavy atom. The molecule has 4 nitrogen and oxygen atoms in total. The zero-order chi connectivity index (χ0) is 12.3. The Kier molecular flexibility index (Phi) is 3.42. The van der Waals surface area contributed by atoms with Crippen molar-refractivity contribution in [1.29, 1.82) is 0 Å². The molecule has 2 rings (SSSR count). The Bertz CT molecular complexity index is 438. The average molecular weight is 233 g/mol. The van der Waals surface area contributed by atoms with E-state index >= 15 is 0 Å². The van der Waals surface area contributed by atoms with Gasteiger partial charge in [0.1, 0.15) is 0 Å². The first-order valence-electron chi connectivity index (χ1n) is 5.78. The molecule has 1 aliphatic rings. The maximum atomic E-state index is 11.6. The van der Waals surface area contributed by atoms with Crippen LogP contribution in [-0.4, -0.2) is 17.0 Å². The summed E-state index contributed by atoms with van der Waals surface area (Å²) >= 11 is 0. The van der Waals surface area contributed by atoms with Crippen molar-refractivity contribution < 1.29 is 14.7 Å². The van der Waals surface area contributed by atoms with Gasteiger partial charge in [0.2, 0.25) is 5.91 Å². The molecule has 17 heavy (non-hydrogen) atoms. The van der Waals surface area contributed by atoms with E-state index in [0.29, 0.717) is 18.0 Å². The molecule has 1 aliphatic carbocycles. The molecule has 0 aromatic heterocycles. The second kappa shape index (κ2) is 4.99. The van der Waals surface area contributed by atoms with Crippen molar-refractivity contribution in [2.45, 2.75) is 25.7 Å². The molecular formula is C13H15NO3. The number of carbonyl (C=O) groups excluding carboxylic acids is 1. The van der Waals surface area contributed by atoms with Gasteiger partial charge in [-0.1, -0.05) is 12.5 Å². The minimum atomic E-state index is -0.986. The van der Waals surface area contributed by atoms with Gasteiger partial charge < -0.3 is 10.4 Å². The van der Waals surface area contributed by atoms with Crippen molar-refractivity contribution >= 4 is 17.6 Å². The molecule has 0 saturated heterocycles. The van der Waals surface area contributed by atoms with Gasteiger partial charge in [-0.05, 0) is 37.0 Å². The van der Waals surface area contributed by atoms with Gasteiger partial charge in [0.25, 0.3) is 0 Å². The third-order valence-corrected chi connectivity index (χ3v) is 3.09. The van der Waals surface area contributed by atoms with Crippen LogP contribution in [0.1, 0.15) is 36.0 Å². The molecule has 1 amide bonds. The van der Waals surface area contributed by atoms with Gasteiger partial charge >= 0.3 is 5.97 Å². The maximum absolute atomic E-state index is 11.6.